The molecule has 33 heavy (non-hydrogen) atoms. The van der Waals surface area contributed by atoms with Crippen molar-refractivity contribution >= 4 is 17.1 Å². The second-order valence-corrected chi connectivity index (χ2v) is 8.43. The maximum Gasteiger partial charge on any atom is 0.136 e. The number of aromatic nitrogens is 1. The van der Waals surface area contributed by atoms with E-state index in [2.05, 4.69) is 51.5 Å². The SMILES string of the molecule is CN1CCN(c2cc(C3=C(c4ccccc4Oc4ccccc4)NN(C)C=C3)ccn2)CC1. The van der Waals surface area contributed by atoms with Crippen LogP contribution in [0.4, 0.5) is 5.82 Å². The van der Waals surface area contributed by atoms with E-state index in [0.29, 0.717) is 0 Å². The van der Waals surface area contributed by atoms with Crippen LogP contribution < -0.4 is 15.1 Å². The number of nitrogens with zero attached hydrogens (tertiary/aromatic N) is 4. The molecule has 168 valence electrons. The number of anilines is 1. The lowest BCUT2D eigenvalue weighted by Gasteiger charge is -2.33. The average molecular weight is 440 g/mol. The lowest BCUT2D eigenvalue weighted by Crippen LogP contribution is -2.44. The molecule has 2 aromatic carbocycles. The van der Waals surface area contributed by atoms with Crippen LogP contribution in [0.25, 0.3) is 11.3 Å². The first-order chi connectivity index (χ1) is 16.2. The zero-order valence-corrected chi connectivity index (χ0v) is 19.1. The van der Waals surface area contributed by atoms with Crippen molar-refractivity contribution in [2.24, 2.45) is 0 Å². The van der Waals surface area contributed by atoms with Gasteiger partial charge in [0.05, 0.1) is 5.70 Å². The van der Waals surface area contributed by atoms with Crippen LogP contribution in [0.5, 0.6) is 11.5 Å². The molecule has 0 saturated carbocycles. The van der Waals surface area contributed by atoms with E-state index in [1.807, 2.05) is 73.0 Å². The van der Waals surface area contributed by atoms with E-state index in [1.165, 1.54) is 0 Å². The Labute approximate surface area is 195 Å². The zero-order chi connectivity index (χ0) is 22.6. The van der Waals surface area contributed by atoms with Gasteiger partial charge in [-0.3, -0.25) is 10.4 Å². The van der Waals surface area contributed by atoms with E-state index in [-0.39, 0.29) is 0 Å². The Morgan fingerprint density at radius 3 is 2.45 bits per heavy atom. The highest BCUT2D eigenvalue weighted by atomic mass is 16.5. The Balaban J connectivity index is 1.54. The summed E-state index contributed by atoms with van der Waals surface area (Å²) in [4.78, 5) is 9.39. The number of hydrazine groups is 1. The molecule has 1 saturated heterocycles. The predicted molar refractivity (Wildman–Crippen MR) is 134 cm³/mol. The third-order valence-corrected chi connectivity index (χ3v) is 6.03. The molecule has 0 unspecified atom stereocenters. The van der Waals surface area contributed by atoms with Crippen LogP contribution in [-0.4, -0.2) is 55.2 Å². The van der Waals surface area contributed by atoms with Gasteiger partial charge in [0.15, 0.2) is 0 Å². The van der Waals surface area contributed by atoms with Gasteiger partial charge in [-0.15, -0.1) is 0 Å². The Morgan fingerprint density at radius 1 is 0.879 bits per heavy atom. The second kappa shape index (κ2) is 9.38. The van der Waals surface area contributed by atoms with E-state index in [9.17, 15) is 0 Å². The summed E-state index contributed by atoms with van der Waals surface area (Å²) in [7, 11) is 4.17. The van der Waals surface area contributed by atoms with Crippen LogP contribution in [0.2, 0.25) is 0 Å². The Hall–Kier alpha value is -3.77. The number of hydrogen-bond donors (Lipinski definition) is 1. The molecule has 6 heteroatoms. The van der Waals surface area contributed by atoms with E-state index in [0.717, 1.165) is 65.9 Å². The molecule has 2 aliphatic heterocycles. The van der Waals surface area contributed by atoms with E-state index in [1.54, 1.807) is 0 Å². The van der Waals surface area contributed by atoms with Gasteiger partial charge in [-0.2, -0.15) is 0 Å². The quantitative estimate of drug-likeness (QED) is 0.633. The number of para-hydroxylation sites is 2. The van der Waals surface area contributed by atoms with Gasteiger partial charge in [-0.05, 0) is 55.1 Å². The molecular formula is C27H29N5O. The minimum Gasteiger partial charge on any atom is -0.457 e. The monoisotopic (exact) mass is 439 g/mol. The predicted octanol–water partition coefficient (Wildman–Crippen LogP) is 4.46. The minimum atomic E-state index is 0.806. The van der Waals surface area contributed by atoms with Gasteiger partial charge in [-0.1, -0.05) is 30.3 Å². The number of allylic oxidation sites excluding steroid dienone is 2. The maximum atomic E-state index is 6.27. The molecule has 0 aliphatic carbocycles. The van der Waals surface area contributed by atoms with Gasteiger partial charge in [0.25, 0.3) is 0 Å². The molecule has 0 radical (unpaired) electrons. The van der Waals surface area contributed by atoms with Gasteiger partial charge in [0.2, 0.25) is 0 Å². The Morgan fingerprint density at radius 2 is 1.64 bits per heavy atom. The lowest BCUT2D eigenvalue weighted by molar-refractivity contribution is 0.312. The number of pyridine rings is 1. The standard InChI is InChI=1S/C27H29N5O/c1-30-16-18-32(19-17-30)26-20-21(12-14-28-26)23-13-15-31(2)29-27(23)24-10-6-7-11-25(24)33-22-8-4-3-5-9-22/h3-15,20,29H,16-19H2,1-2H3. The molecular weight excluding hydrogens is 410 g/mol. The van der Waals surface area contributed by atoms with Crippen molar-refractivity contribution in [2.45, 2.75) is 0 Å². The zero-order valence-electron chi connectivity index (χ0n) is 19.1. The molecule has 1 aromatic heterocycles. The first kappa shape index (κ1) is 21.1. The second-order valence-electron chi connectivity index (χ2n) is 8.43. The first-order valence-corrected chi connectivity index (χ1v) is 11.3. The smallest absolute Gasteiger partial charge is 0.136 e. The van der Waals surface area contributed by atoms with Gasteiger partial charge in [-0.25, -0.2) is 4.98 Å². The molecule has 2 aliphatic rings. The van der Waals surface area contributed by atoms with Crippen LogP contribution in [0.3, 0.4) is 0 Å². The number of ether oxygens (including phenoxy) is 1. The fourth-order valence-corrected chi connectivity index (χ4v) is 4.16. The Kier molecular flexibility index (Phi) is 6.00. The summed E-state index contributed by atoms with van der Waals surface area (Å²) >= 11 is 0. The highest BCUT2D eigenvalue weighted by molar-refractivity contribution is 5.97. The van der Waals surface area contributed by atoms with Crippen molar-refractivity contribution in [3.63, 3.8) is 0 Å². The molecule has 6 nitrogen and oxygen atoms in total. The molecule has 3 aromatic rings. The summed E-state index contributed by atoms with van der Waals surface area (Å²) in [5, 5.41) is 1.96. The van der Waals surface area contributed by atoms with E-state index in [4.69, 9.17) is 4.74 Å². The average Bonchev–Trinajstić information content (AvgIpc) is 2.85. The largest absolute Gasteiger partial charge is 0.457 e. The molecule has 3 heterocycles. The van der Waals surface area contributed by atoms with Gasteiger partial charge < -0.3 is 14.5 Å². The van der Waals surface area contributed by atoms with Crippen molar-refractivity contribution in [1.29, 1.82) is 0 Å². The topological polar surface area (TPSA) is 43.9 Å². The highest BCUT2D eigenvalue weighted by Gasteiger charge is 2.20. The number of likely N-dealkylation sites (N-methyl/N-ethyl adjacent to an activating group) is 1. The van der Waals surface area contributed by atoms with Gasteiger partial charge in [0.1, 0.15) is 17.3 Å². The van der Waals surface area contributed by atoms with Crippen LogP contribution in [0.1, 0.15) is 11.1 Å². The van der Waals surface area contributed by atoms with Gasteiger partial charge in [0, 0.05) is 56.8 Å². The summed E-state index contributed by atoms with van der Waals surface area (Å²) in [6.07, 6.45) is 6.09. The van der Waals surface area contributed by atoms with Gasteiger partial charge >= 0.3 is 0 Å². The molecule has 0 amide bonds. The maximum absolute atomic E-state index is 6.27. The molecule has 1 N–H and O–H groups in total. The number of nitrogens with one attached hydrogen (secondary N) is 1. The van der Waals surface area contributed by atoms with E-state index < -0.39 is 0 Å². The van der Waals surface area contributed by atoms with Crippen LogP contribution in [0.15, 0.2) is 85.2 Å². The fourth-order valence-electron chi connectivity index (χ4n) is 4.16. The third-order valence-electron chi connectivity index (χ3n) is 6.03. The first-order valence-electron chi connectivity index (χ1n) is 11.3. The summed E-state index contributed by atoms with van der Waals surface area (Å²) in [5.41, 5.74) is 7.76. The highest BCUT2D eigenvalue weighted by Crippen LogP contribution is 2.36. The molecule has 0 bridgehead atoms. The molecule has 5 rings (SSSR count). The van der Waals surface area contributed by atoms with Crippen molar-refractivity contribution in [3.05, 3.63) is 96.3 Å². The van der Waals surface area contributed by atoms with E-state index >= 15 is 0 Å². The van der Waals surface area contributed by atoms with Crippen LogP contribution in [-0.2, 0) is 0 Å². The van der Waals surface area contributed by atoms with Crippen LogP contribution >= 0.6 is 0 Å². The molecule has 0 atom stereocenters. The summed E-state index contributed by atoms with van der Waals surface area (Å²) in [6, 6.07) is 22.3. The Bertz CT molecular complexity index is 1170. The number of rotatable bonds is 5. The number of hydrogen-bond acceptors (Lipinski definition) is 6. The molecule has 0 spiro atoms. The van der Waals surface area contributed by atoms with Crippen molar-refractivity contribution in [2.75, 3.05) is 45.2 Å². The van der Waals surface area contributed by atoms with Crippen molar-refractivity contribution < 1.29 is 4.74 Å². The molecule has 1 fully saturated rings. The fraction of sp³-hybridized carbons (Fsp3) is 0.222. The summed E-state index contributed by atoms with van der Waals surface area (Å²) in [5.74, 6) is 2.64. The summed E-state index contributed by atoms with van der Waals surface area (Å²) < 4.78 is 6.27. The number of benzene rings is 2. The minimum absolute atomic E-state index is 0.806. The van der Waals surface area contributed by atoms with Crippen LogP contribution in [0, 0.1) is 0 Å². The van der Waals surface area contributed by atoms with Crippen molar-refractivity contribution in [3.8, 4) is 11.5 Å². The summed E-state index contributed by atoms with van der Waals surface area (Å²) in [6.45, 7) is 4.08. The lowest BCUT2D eigenvalue weighted by atomic mass is 9.98. The van der Waals surface area contributed by atoms with Crippen molar-refractivity contribution in [1.82, 2.24) is 20.3 Å². The number of piperazine rings is 1. The third kappa shape index (κ3) is 4.71. The normalized spacial score (nSPS) is 16.7.